The van der Waals surface area contributed by atoms with Crippen molar-refractivity contribution in [2.75, 3.05) is 36.8 Å². The number of nitrogen functional groups attached to an aromatic ring is 1. The van der Waals surface area contributed by atoms with Crippen LogP contribution in [-0.2, 0) is 13.0 Å². The number of nitrogens with two attached hydrogens (primary N) is 1. The molecule has 2 amide bonds. The summed E-state index contributed by atoms with van der Waals surface area (Å²) in [6, 6.07) is 6.99. The number of hydrogen-bond acceptors (Lipinski definition) is 6. The van der Waals surface area contributed by atoms with Crippen molar-refractivity contribution in [1.29, 1.82) is 0 Å². The highest BCUT2D eigenvalue weighted by Crippen LogP contribution is 2.47. The van der Waals surface area contributed by atoms with Gasteiger partial charge in [-0.1, -0.05) is 35.3 Å². The standard InChI is InChI=1S/C23H23Cl2N5O3/c1-12-6-5-7-15(26)14(12)8-18-27-10-13-11-30(23(31)29(2)22(13)28-18)21-19(24)16(32-3)9-17(33-4)20(21)25/h5-7,9-10H,8,11,26H2,1-4H3. The topological polar surface area (TPSA) is 93.8 Å². The maximum Gasteiger partial charge on any atom is 0.330 e. The van der Waals surface area contributed by atoms with E-state index >= 15 is 0 Å². The number of hydrogen-bond donors (Lipinski definition) is 1. The molecule has 0 atom stereocenters. The number of benzene rings is 2. The van der Waals surface area contributed by atoms with Gasteiger partial charge in [-0.05, 0) is 24.1 Å². The Morgan fingerprint density at radius 2 is 1.82 bits per heavy atom. The number of amides is 2. The minimum Gasteiger partial charge on any atom is -0.495 e. The van der Waals surface area contributed by atoms with Gasteiger partial charge in [-0.3, -0.25) is 9.80 Å². The number of aryl methyl sites for hydroxylation is 1. The van der Waals surface area contributed by atoms with E-state index in [9.17, 15) is 4.79 Å². The average molecular weight is 488 g/mol. The van der Waals surface area contributed by atoms with Gasteiger partial charge in [0.2, 0.25) is 0 Å². The fourth-order valence-corrected chi connectivity index (χ4v) is 4.54. The van der Waals surface area contributed by atoms with Crippen molar-refractivity contribution in [3.8, 4) is 11.5 Å². The van der Waals surface area contributed by atoms with Crippen LogP contribution >= 0.6 is 23.2 Å². The normalized spacial score (nSPS) is 13.2. The molecule has 0 unspecified atom stereocenters. The summed E-state index contributed by atoms with van der Waals surface area (Å²) in [5.74, 6) is 1.78. The highest BCUT2D eigenvalue weighted by molar-refractivity contribution is 6.42. The minimum absolute atomic E-state index is 0.182. The number of ether oxygens (including phenoxy) is 2. The van der Waals surface area contributed by atoms with Gasteiger partial charge in [-0.25, -0.2) is 14.8 Å². The zero-order valence-corrected chi connectivity index (χ0v) is 20.2. The van der Waals surface area contributed by atoms with E-state index in [-0.39, 0.29) is 22.6 Å². The molecule has 2 N–H and O–H groups in total. The van der Waals surface area contributed by atoms with Crippen LogP contribution in [0.2, 0.25) is 10.0 Å². The van der Waals surface area contributed by atoms with Crippen LogP contribution in [0.4, 0.5) is 22.0 Å². The van der Waals surface area contributed by atoms with Crippen LogP contribution in [0.25, 0.3) is 0 Å². The Balaban J connectivity index is 1.73. The first kappa shape index (κ1) is 22.9. The molecule has 0 spiro atoms. The molecule has 1 aliphatic rings. The lowest BCUT2D eigenvalue weighted by molar-refractivity contribution is 0.251. The molecule has 0 fully saturated rings. The van der Waals surface area contributed by atoms with E-state index in [1.807, 2.05) is 25.1 Å². The third-order valence-corrected chi connectivity index (χ3v) is 6.39. The van der Waals surface area contributed by atoms with E-state index in [1.165, 1.54) is 24.0 Å². The molecule has 10 heteroatoms. The molecular formula is C23H23Cl2N5O3. The molecular weight excluding hydrogens is 465 g/mol. The van der Waals surface area contributed by atoms with E-state index in [0.717, 1.165) is 16.7 Å². The van der Waals surface area contributed by atoms with E-state index in [2.05, 4.69) is 9.97 Å². The summed E-state index contributed by atoms with van der Waals surface area (Å²) in [5, 5.41) is 0.419. The summed E-state index contributed by atoms with van der Waals surface area (Å²) >= 11 is 13.1. The lowest BCUT2D eigenvalue weighted by Crippen LogP contribution is -2.46. The second-order valence-electron chi connectivity index (χ2n) is 7.64. The summed E-state index contributed by atoms with van der Waals surface area (Å²) in [5.41, 5.74) is 9.89. The number of urea groups is 1. The van der Waals surface area contributed by atoms with Crippen LogP contribution in [0.5, 0.6) is 11.5 Å². The van der Waals surface area contributed by atoms with Crippen molar-refractivity contribution in [2.45, 2.75) is 19.9 Å². The maximum absolute atomic E-state index is 13.3. The summed E-state index contributed by atoms with van der Waals surface area (Å²) < 4.78 is 10.7. The lowest BCUT2D eigenvalue weighted by Gasteiger charge is -2.35. The predicted molar refractivity (Wildman–Crippen MR) is 130 cm³/mol. The summed E-state index contributed by atoms with van der Waals surface area (Å²) in [4.78, 5) is 25.4. The molecule has 0 saturated carbocycles. The number of rotatable bonds is 5. The molecule has 1 aliphatic heterocycles. The van der Waals surface area contributed by atoms with Crippen LogP contribution < -0.4 is 25.0 Å². The number of anilines is 3. The SMILES string of the molecule is COc1cc(OC)c(Cl)c(N2Cc3cnc(Cc4c(C)cccc4N)nc3N(C)C2=O)c1Cl. The molecule has 8 nitrogen and oxygen atoms in total. The Morgan fingerprint density at radius 3 is 2.42 bits per heavy atom. The largest absolute Gasteiger partial charge is 0.495 e. The highest BCUT2D eigenvalue weighted by Gasteiger charge is 2.34. The molecule has 0 radical (unpaired) electrons. The van der Waals surface area contributed by atoms with Gasteiger partial charge in [-0.2, -0.15) is 0 Å². The van der Waals surface area contributed by atoms with Gasteiger partial charge < -0.3 is 15.2 Å². The van der Waals surface area contributed by atoms with Gasteiger partial charge in [0, 0.05) is 37.0 Å². The number of carbonyl (C=O) groups is 1. The second-order valence-corrected chi connectivity index (χ2v) is 8.40. The van der Waals surface area contributed by atoms with Crippen LogP contribution in [-0.4, -0.2) is 37.3 Å². The molecule has 0 bridgehead atoms. The Labute approximate surface area is 201 Å². The van der Waals surface area contributed by atoms with Gasteiger partial charge >= 0.3 is 6.03 Å². The number of halogens is 2. The van der Waals surface area contributed by atoms with Crippen molar-refractivity contribution in [3.63, 3.8) is 0 Å². The lowest BCUT2D eigenvalue weighted by atomic mass is 10.0. The Kier molecular flexibility index (Phi) is 6.23. The minimum atomic E-state index is -0.346. The van der Waals surface area contributed by atoms with Crippen LogP contribution in [0.15, 0.2) is 30.5 Å². The Hall–Kier alpha value is -3.23. The molecule has 0 saturated heterocycles. The summed E-state index contributed by atoms with van der Waals surface area (Å²) in [6.07, 6.45) is 2.17. The molecule has 4 rings (SSSR count). The molecule has 33 heavy (non-hydrogen) atoms. The first-order valence-electron chi connectivity index (χ1n) is 10.1. The molecule has 3 aromatic rings. The van der Waals surface area contributed by atoms with E-state index in [0.29, 0.717) is 40.9 Å². The number of nitrogens with zero attached hydrogens (tertiary/aromatic N) is 4. The molecule has 2 heterocycles. The zero-order valence-electron chi connectivity index (χ0n) is 18.6. The van der Waals surface area contributed by atoms with Crippen molar-refractivity contribution >= 4 is 46.4 Å². The first-order chi connectivity index (χ1) is 15.8. The molecule has 2 aromatic carbocycles. The molecule has 1 aromatic heterocycles. The van der Waals surface area contributed by atoms with Gasteiger partial charge in [0.25, 0.3) is 0 Å². The molecule has 0 aliphatic carbocycles. The van der Waals surface area contributed by atoms with Crippen LogP contribution in [0.1, 0.15) is 22.5 Å². The number of methoxy groups -OCH3 is 2. The van der Waals surface area contributed by atoms with Gasteiger partial charge in [0.15, 0.2) is 0 Å². The van der Waals surface area contributed by atoms with Gasteiger partial charge in [0.05, 0.1) is 26.5 Å². The third-order valence-electron chi connectivity index (χ3n) is 5.66. The van der Waals surface area contributed by atoms with Crippen molar-refractivity contribution in [1.82, 2.24) is 9.97 Å². The van der Waals surface area contributed by atoms with Gasteiger partial charge in [0.1, 0.15) is 33.2 Å². The zero-order chi connectivity index (χ0) is 23.9. The average Bonchev–Trinajstić information content (AvgIpc) is 2.80. The first-order valence-corrected chi connectivity index (χ1v) is 10.9. The van der Waals surface area contributed by atoms with Crippen molar-refractivity contribution < 1.29 is 14.3 Å². The highest BCUT2D eigenvalue weighted by atomic mass is 35.5. The maximum atomic E-state index is 13.3. The fourth-order valence-electron chi connectivity index (χ4n) is 3.84. The van der Waals surface area contributed by atoms with E-state index in [4.69, 9.17) is 38.4 Å². The fraction of sp³-hybridized carbons (Fsp3) is 0.261. The monoisotopic (exact) mass is 487 g/mol. The van der Waals surface area contributed by atoms with Crippen LogP contribution in [0, 0.1) is 6.92 Å². The van der Waals surface area contributed by atoms with Gasteiger partial charge in [-0.15, -0.1) is 0 Å². The number of fused-ring (bicyclic) bond motifs is 1. The Morgan fingerprint density at radius 1 is 1.15 bits per heavy atom. The smallest absolute Gasteiger partial charge is 0.330 e. The van der Waals surface area contributed by atoms with Crippen molar-refractivity contribution in [3.05, 3.63) is 63.0 Å². The quantitative estimate of drug-likeness (QED) is 0.516. The number of carbonyl (C=O) groups excluding carboxylic acids is 1. The molecule has 172 valence electrons. The van der Waals surface area contributed by atoms with Crippen LogP contribution in [0.3, 0.4) is 0 Å². The summed E-state index contributed by atoms with van der Waals surface area (Å²) in [7, 11) is 4.61. The summed E-state index contributed by atoms with van der Waals surface area (Å²) in [6.45, 7) is 2.18. The second kappa shape index (κ2) is 8.96. The number of aromatic nitrogens is 2. The third kappa shape index (κ3) is 4.00. The van der Waals surface area contributed by atoms with Crippen molar-refractivity contribution in [2.24, 2.45) is 0 Å². The van der Waals surface area contributed by atoms with E-state index < -0.39 is 0 Å². The van der Waals surface area contributed by atoms with E-state index in [1.54, 1.807) is 19.3 Å². The predicted octanol–water partition coefficient (Wildman–Crippen LogP) is 4.86. The Bertz CT molecular complexity index is 1200.